The molecule has 3 nitrogen and oxygen atoms in total. The van der Waals surface area contributed by atoms with Crippen molar-refractivity contribution in [3.63, 3.8) is 0 Å². The summed E-state index contributed by atoms with van der Waals surface area (Å²) >= 11 is 7.59. The monoisotopic (exact) mass is 293 g/mol. The van der Waals surface area contributed by atoms with E-state index in [0.29, 0.717) is 5.02 Å². The Hall–Kier alpha value is -1.65. The van der Waals surface area contributed by atoms with Crippen LogP contribution in [0.2, 0.25) is 5.02 Å². The molecule has 0 radical (unpaired) electrons. The van der Waals surface area contributed by atoms with Gasteiger partial charge in [-0.1, -0.05) is 36.7 Å². The number of aliphatic carboxylic acids is 1. The lowest BCUT2D eigenvalue weighted by molar-refractivity contribution is -0.131. The molecule has 0 aliphatic heterocycles. The topological polar surface area (TPSA) is 50.2 Å². The van der Waals surface area contributed by atoms with Gasteiger partial charge in [-0.25, -0.2) is 9.78 Å². The number of halogens is 1. The number of aromatic nitrogens is 1. The van der Waals surface area contributed by atoms with E-state index in [4.69, 9.17) is 16.7 Å². The van der Waals surface area contributed by atoms with E-state index in [1.54, 1.807) is 6.08 Å². The molecule has 2 aromatic rings. The maximum atomic E-state index is 10.6. The van der Waals surface area contributed by atoms with Gasteiger partial charge < -0.3 is 5.11 Å². The number of nitrogens with zero attached hydrogens (tertiary/aromatic N) is 1. The van der Waals surface area contributed by atoms with Crippen LogP contribution in [0.25, 0.3) is 16.6 Å². The fourth-order valence-corrected chi connectivity index (χ4v) is 3.02. The fraction of sp³-hybridized carbons (Fsp3) is 0.143. The van der Waals surface area contributed by atoms with E-state index in [2.05, 4.69) is 4.98 Å². The summed E-state index contributed by atoms with van der Waals surface area (Å²) in [7, 11) is 0. The SMILES string of the molecule is CCc1nc(-c2ccccc2Cl)sc1/C=C/C(=O)O. The number of hydrogen-bond acceptors (Lipinski definition) is 3. The average Bonchev–Trinajstić information content (AvgIpc) is 2.80. The molecule has 0 unspecified atom stereocenters. The van der Waals surface area contributed by atoms with Crippen LogP contribution >= 0.6 is 22.9 Å². The molecule has 2 rings (SSSR count). The zero-order valence-corrected chi connectivity index (χ0v) is 11.8. The molecule has 0 amide bonds. The number of aryl methyl sites for hydroxylation is 1. The molecule has 98 valence electrons. The van der Waals surface area contributed by atoms with Gasteiger partial charge in [0.15, 0.2) is 0 Å². The second-order valence-electron chi connectivity index (χ2n) is 3.83. The minimum absolute atomic E-state index is 0.646. The van der Waals surface area contributed by atoms with Gasteiger partial charge in [-0.3, -0.25) is 0 Å². The van der Waals surface area contributed by atoms with Gasteiger partial charge in [0.2, 0.25) is 0 Å². The van der Waals surface area contributed by atoms with Crippen LogP contribution in [-0.4, -0.2) is 16.1 Å². The lowest BCUT2D eigenvalue weighted by Crippen LogP contribution is -1.87. The zero-order chi connectivity index (χ0) is 13.8. The van der Waals surface area contributed by atoms with Crippen LogP contribution in [-0.2, 0) is 11.2 Å². The second-order valence-corrected chi connectivity index (χ2v) is 5.27. The van der Waals surface area contributed by atoms with Gasteiger partial charge in [-0.2, -0.15) is 0 Å². The Morgan fingerprint density at radius 2 is 2.21 bits per heavy atom. The Kier molecular flexibility index (Phi) is 4.35. The first kappa shape index (κ1) is 13.8. The summed E-state index contributed by atoms with van der Waals surface area (Å²) < 4.78 is 0. The fourth-order valence-electron chi connectivity index (χ4n) is 1.64. The van der Waals surface area contributed by atoms with Crippen LogP contribution in [0.3, 0.4) is 0 Å². The first-order valence-electron chi connectivity index (χ1n) is 5.77. The summed E-state index contributed by atoms with van der Waals surface area (Å²) in [5.74, 6) is -0.963. The summed E-state index contributed by atoms with van der Waals surface area (Å²) in [6.07, 6.45) is 3.46. The third kappa shape index (κ3) is 3.22. The summed E-state index contributed by atoms with van der Waals surface area (Å²) in [4.78, 5) is 16.0. The number of carbonyl (C=O) groups is 1. The number of benzene rings is 1. The predicted octanol–water partition coefficient (Wildman–Crippen LogP) is 4.12. The van der Waals surface area contributed by atoms with E-state index in [0.717, 1.165) is 33.6 Å². The number of carboxylic acids is 1. The smallest absolute Gasteiger partial charge is 0.328 e. The van der Waals surface area contributed by atoms with E-state index in [-0.39, 0.29) is 0 Å². The van der Waals surface area contributed by atoms with Crippen molar-refractivity contribution in [2.75, 3.05) is 0 Å². The van der Waals surface area contributed by atoms with Gasteiger partial charge in [0.05, 0.1) is 15.6 Å². The molecule has 1 aromatic heterocycles. The summed E-state index contributed by atoms with van der Waals surface area (Å²) in [6.45, 7) is 1.99. The highest BCUT2D eigenvalue weighted by Crippen LogP contribution is 2.33. The second kappa shape index (κ2) is 5.99. The molecular weight excluding hydrogens is 282 g/mol. The van der Waals surface area contributed by atoms with Crippen molar-refractivity contribution >= 4 is 35.0 Å². The summed E-state index contributed by atoms with van der Waals surface area (Å²) in [5, 5.41) is 10.1. The van der Waals surface area contributed by atoms with Gasteiger partial charge in [0.25, 0.3) is 0 Å². The van der Waals surface area contributed by atoms with Crippen molar-refractivity contribution in [3.05, 3.63) is 45.9 Å². The van der Waals surface area contributed by atoms with Crippen molar-refractivity contribution in [1.29, 1.82) is 0 Å². The number of rotatable bonds is 4. The standard InChI is InChI=1S/C14H12ClNO2S/c1-2-11-12(7-8-13(17)18)19-14(16-11)9-5-3-4-6-10(9)15/h3-8H,2H2,1H3,(H,17,18)/b8-7+. The minimum atomic E-state index is -0.963. The van der Waals surface area contributed by atoms with Crippen LogP contribution < -0.4 is 0 Å². The quantitative estimate of drug-likeness (QED) is 0.863. The molecule has 0 atom stereocenters. The lowest BCUT2D eigenvalue weighted by atomic mass is 10.2. The van der Waals surface area contributed by atoms with Crippen molar-refractivity contribution in [3.8, 4) is 10.6 Å². The normalized spacial score (nSPS) is 11.1. The third-order valence-corrected chi connectivity index (χ3v) is 3.97. The molecule has 0 bridgehead atoms. The maximum absolute atomic E-state index is 10.6. The Balaban J connectivity index is 2.44. The molecule has 0 aliphatic rings. The molecule has 0 saturated carbocycles. The number of hydrogen-bond donors (Lipinski definition) is 1. The average molecular weight is 294 g/mol. The molecule has 0 spiro atoms. The van der Waals surface area contributed by atoms with Crippen LogP contribution in [0.4, 0.5) is 0 Å². The van der Waals surface area contributed by atoms with E-state index < -0.39 is 5.97 Å². The molecule has 19 heavy (non-hydrogen) atoms. The zero-order valence-electron chi connectivity index (χ0n) is 10.3. The van der Waals surface area contributed by atoms with Gasteiger partial charge in [0.1, 0.15) is 5.01 Å². The highest BCUT2D eigenvalue weighted by Gasteiger charge is 2.11. The highest BCUT2D eigenvalue weighted by atomic mass is 35.5. The van der Waals surface area contributed by atoms with Crippen LogP contribution in [0.5, 0.6) is 0 Å². The first-order valence-corrected chi connectivity index (χ1v) is 6.97. The number of carboxylic acid groups (broad SMARTS) is 1. The van der Waals surface area contributed by atoms with E-state index >= 15 is 0 Å². The van der Waals surface area contributed by atoms with Gasteiger partial charge >= 0.3 is 5.97 Å². The Bertz CT molecular complexity index is 634. The Labute approximate surface area is 120 Å². The molecular formula is C14H12ClNO2S. The van der Waals surface area contributed by atoms with Crippen LogP contribution in [0.1, 0.15) is 17.5 Å². The van der Waals surface area contributed by atoms with E-state index in [1.165, 1.54) is 11.3 Å². The predicted molar refractivity (Wildman–Crippen MR) is 78.6 cm³/mol. The Morgan fingerprint density at radius 1 is 1.47 bits per heavy atom. The lowest BCUT2D eigenvalue weighted by Gasteiger charge is -1.97. The van der Waals surface area contributed by atoms with Gasteiger partial charge in [0, 0.05) is 11.6 Å². The Morgan fingerprint density at radius 3 is 2.84 bits per heavy atom. The van der Waals surface area contributed by atoms with Crippen molar-refractivity contribution in [1.82, 2.24) is 4.98 Å². The van der Waals surface area contributed by atoms with Crippen LogP contribution in [0.15, 0.2) is 30.3 Å². The molecule has 5 heteroatoms. The largest absolute Gasteiger partial charge is 0.478 e. The van der Waals surface area contributed by atoms with Crippen LogP contribution in [0, 0.1) is 0 Å². The number of thiazole rings is 1. The third-order valence-electron chi connectivity index (χ3n) is 2.54. The maximum Gasteiger partial charge on any atom is 0.328 e. The van der Waals surface area contributed by atoms with E-state index in [1.807, 2.05) is 31.2 Å². The van der Waals surface area contributed by atoms with Gasteiger partial charge in [-0.05, 0) is 18.6 Å². The summed E-state index contributed by atoms with van der Waals surface area (Å²) in [6, 6.07) is 7.49. The van der Waals surface area contributed by atoms with Gasteiger partial charge in [-0.15, -0.1) is 11.3 Å². The molecule has 1 aromatic carbocycles. The van der Waals surface area contributed by atoms with Crippen molar-refractivity contribution in [2.24, 2.45) is 0 Å². The first-order chi connectivity index (χ1) is 9.11. The molecule has 1 heterocycles. The molecule has 1 N–H and O–H groups in total. The summed E-state index contributed by atoms with van der Waals surface area (Å²) in [5.41, 5.74) is 1.76. The van der Waals surface area contributed by atoms with E-state index in [9.17, 15) is 4.79 Å². The molecule has 0 saturated heterocycles. The minimum Gasteiger partial charge on any atom is -0.478 e. The van der Waals surface area contributed by atoms with Crippen molar-refractivity contribution in [2.45, 2.75) is 13.3 Å². The molecule has 0 aliphatic carbocycles. The van der Waals surface area contributed by atoms with Crippen molar-refractivity contribution < 1.29 is 9.90 Å². The molecule has 0 fully saturated rings. The highest BCUT2D eigenvalue weighted by molar-refractivity contribution is 7.16.